The van der Waals surface area contributed by atoms with Crippen LogP contribution in [-0.2, 0) is 6.18 Å². The topological polar surface area (TPSA) is 47.0 Å². The van der Waals surface area contributed by atoms with Gasteiger partial charge in [-0.2, -0.15) is 13.2 Å². The Morgan fingerprint density at radius 2 is 2.18 bits per heavy atom. The van der Waals surface area contributed by atoms with Gasteiger partial charge in [-0.25, -0.2) is 0 Å². The van der Waals surface area contributed by atoms with E-state index in [0.717, 1.165) is 25.5 Å². The summed E-state index contributed by atoms with van der Waals surface area (Å²) in [4.78, 5) is 0. The molecule has 1 aromatic heterocycles. The SMILES string of the molecule is FC(F)(F)c1ccc(OCC2CCCN2)nn1. The van der Waals surface area contributed by atoms with Crippen LogP contribution in [0.5, 0.6) is 5.88 Å². The number of ether oxygens (including phenoxy) is 1. The first-order valence-electron chi connectivity index (χ1n) is 5.33. The summed E-state index contributed by atoms with van der Waals surface area (Å²) in [6.45, 7) is 1.35. The van der Waals surface area contributed by atoms with Crippen LogP contribution in [0.2, 0.25) is 0 Å². The summed E-state index contributed by atoms with van der Waals surface area (Å²) in [5.74, 6) is 0.117. The van der Waals surface area contributed by atoms with E-state index < -0.39 is 11.9 Å². The van der Waals surface area contributed by atoms with Crippen LogP contribution in [0.4, 0.5) is 13.2 Å². The summed E-state index contributed by atoms with van der Waals surface area (Å²) >= 11 is 0. The van der Waals surface area contributed by atoms with Crippen molar-refractivity contribution in [3.05, 3.63) is 17.8 Å². The molecule has 0 spiro atoms. The molecule has 0 saturated carbocycles. The third-order valence-electron chi connectivity index (χ3n) is 2.53. The van der Waals surface area contributed by atoms with Gasteiger partial charge in [0.2, 0.25) is 5.88 Å². The lowest BCUT2D eigenvalue weighted by atomic mass is 10.2. The summed E-state index contributed by atoms with van der Waals surface area (Å²) in [5.41, 5.74) is -1.01. The molecule has 4 nitrogen and oxygen atoms in total. The molecule has 0 amide bonds. The first-order chi connectivity index (χ1) is 8.05. The molecular formula is C10H12F3N3O. The monoisotopic (exact) mass is 247 g/mol. The van der Waals surface area contributed by atoms with Crippen molar-refractivity contribution in [3.63, 3.8) is 0 Å². The maximum absolute atomic E-state index is 12.2. The number of nitrogens with zero attached hydrogens (tertiary/aromatic N) is 2. The molecule has 1 atom stereocenters. The van der Waals surface area contributed by atoms with Crippen molar-refractivity contribution in [1.82, 2.24) is 15.5 Å². The van der Waals surface area contributed by atoms with Crippen LogP contribution < -0.4 is 10.1 Å². The molecule has 1 aliphatic heterocycles. The van der Waals surface area contributed by atoms with E-state index >= 15 is 0 Å². The summed E-state index contributed by atoms with van der Waals surface area (Å²) in [6.07, 6.45) is -2.36. The van der Waals surface area contributed by atoms with Gasteiger partial charge in [0.25, 0.3) is 0 Å². The van der Waals surface area contributed by atoms with Crippen LogP contribution in [0.25, 0.3) is 0 Å². The van der Waals surface area contributed by atoms with Crippen LogP contribution >= 0.6 is 0 Å². The molecule has 0 radical (unpaired) electrons. The number of nitrogens with one attached hydrogen (secondary N) is 1. The minimum absolute atomic E-state index is 0.117. The van der Waals surface area contributed by atoms with Gasteiger partial charge < -0.3 is 10.1 Å². The molecule has 1 N–H and O–H groups in total. The number of hydrogen-bond donors (Lipinski definition) is 1. The minimum atomic E-state index is -4.46. The second-order valence-corrected chi connectivity index (χ2v) is 3.86. The van der Waals surface area contributed by atoms with Crippen molar-refractivity contribution in [2.75, 3.05) is 13.2 Å². The van der Waals surface area contributed by atoms with Crippen LogP contribution in [0.15, 0.2) is 12.1 Å². The predicted octanol–water partition coefficient (Wildman–Crippen LogP) is 1.63. The van der Waals surface area contributed by atoms with Crippen molar-refractivity contribution in [1.29, 1.82) is 0 Å². The average Bonchev–Trinajstić information content (AvgIpc) is 2.78. The third-order valence-corrected chi connectivity index (χ3v) is 2.53. The highest BCUT2D eigenvalue weighted by molar-refractivity contribution is 5.13. The summed E-state index contributed by atoms with van der Waals surface area (Å²) in [7, 11) is 0. The van der Waals surface area contributed by atoms with Gasteiger partial charge >= 0.3 is 6.18 Å². The fraction of sp³-hybridized carbons (Fsp3) is 0.600. The number of aromatic nitrogens is 2. The van der Waals surface area contributed by atoms with Crippen molar-refractivity contribution >= 4 is 0 Å². The van der Waals surface area contributed by atoms with Gasteiger partial charge in [0, 0.05) is 12.1 Å². The molecule has 17 heavy (non-hydrogen) atoms. The molecule has 94 valence electrons. The lowest BCUT2D eigenvalue weighted by Gasteiger charge is -2.11. The molecule has 0 bridgehead atoms. The zero-order valence-corrected chi connectivity index (χ0v) is 9.00. The van der Waals surface area contributed by atoms with Gasteiger partial charge in [-0.1, -0.05) is 0 Å². The van der Waals surface area contributed by atoms with E-state index in [0.29, 0.717) is 6.61 Å². The molecule has 2 rings (SSSR count). The van der Waals surface area contributed by atoms with Crippen molar-refractivity contribution in [3.8, 4) is 5.88 Å². The van der Waals surface area contributed by atoms with Crippen LogP contribution in [0.3, 0.4) is 0 Å². The molecule has 0 aliphatic carbocycles. The number of hydrogen-bond acceptors (Lipinski definition) is 4. The third kappa shape index (κ3) is 3.29. The molecule has 1 aliphatic rings. The standard InChI is InChI=1S/C10H12F3N3O/c11-10(12,13)8-3-4-9(16-15-8)17-6-7-2-1-5-14-7/h3-4,7,14H,1-2,5-6H2. The van der Waals surface area contributed by atoms with Crippen LogP contribution in [0, 0.1) is 0 Å². The van der Waals surface area contributed by atoms with Crippen LogP contribution in [0.1, 0.15) is 18.5 Å². The van der Waals surface area contributed by atoms with E-state index in [1.165, 1.54) is 6.07 Å². The van der Waals surface area contributed by atoms with Gasteiger partial charge in [0.05, 0.1) is 0 Å². The smallest absolute Gasteiger partial charge is 0.435 e. The lowest BCUT2D eigenvalue weighted by molar-refractivity contribution is -0.141. The Morgan fingerprint density at radius 3 is 2.71 bits per heavy atom. The zero-order valence-electron chi connectivity index (χ0n) is 9.00. The second-order valence-electron chi connectivity index (χ2n) is 3.86. The molecule has 1 fully saturated rings. The normalized spacial score (nSPS) is 20.5. The number of rotatable bonds is 3. The maximum Gasteiger partial charge on any atom is 0.435 e. The molecule has 1 saturated heterocycles. The highest BCUT2D eigenvalue weighted by atomic mass is 19.4. The van der Waals surface area contributed by atoms with Crippen LogP contribution in [-0.4, -0.2) is 29.4 Å². The van der Waals surface area contributed by atoms with Gasteiger partial charge in [0.15, 0.2) is 5.69 Å². The molecule has 7 heteroatoms. The summed E-state index contributed by atoms with van der Waals surface area (Å²) in [5, 5.41) is 9.67. The molecular weight excluding hydrogens is 235 g/mol. The first-order valence-corrected chi connectivity index (χ1v) is 5.33. The van der Waals surface area contributed by atoms with Crippen molar-refractivity contribution < 1.29 is 17.9 Å². The molecule has 2 heterocycles. The Hall–Kier alpha value is -1.37. The summed E-state index contributed by atoms with van der Waals surface area (Å²) < 4.78 is 41.8. The van der Waals surface area contributed by atoms with E-state index in [2.05, 4.69) is 15.5 Å². The average molecular weight is 247 g/mol. The first kappa shape index (κ1) is 12.1. The van der Waals surface area contributed by atoms with Gasteiger partial charge in [-0.15, -0.1) is 10.2 Å². The van der Waals surface area contributed by atoms with E-state index in [4.69, 9.17) is 4.74 Å². The summed E-state index contributed by atoms with van der Waals surface area (Å²) in [6, 6.07) is 2.30. The highest BCUT2D eigenvalue weighted by Gasteiger charge is 2.33. The Kier molecular flexibility index (Phi) is 3.46. The van der Waals surface area contributed by atoms with Gasteiger partial charge in [-0.3, -0.25) is 0 Å². The lowest BCUT2D eigenvalue weighted by Crippen LogP contribution is -2.28. The Bertz CT molecular complexity index is 360. The predicted molar refractivity (Wildman–Crippen MR) is 53.6 cm³/mol. The largest absolute Gasteiger partial charge is 0.475 e. The quantitative estimate of drug-likeness (QED) is 0.881. The highest BCUT2D eigenvalue weighted by Crippen LogP contribution is 2.27. The fourth-order valence-electron chi connectivity index (χ4n) is 1.63. The van der Waals surface area contributed by atoms with Gasteiger partial charge in [-0.05, 0) is 25.5 Å². The van der Waals surface area contributed by atoms with E-state index in [9.17, 15) is 13.2 Å². The Labute approximate surface area is 96.2 Å². The molecule has 1 aromatic rings. The van der Waals surface area contributed by atoms with E-state index in [1.54, 1.807) is 0 Å². The Morgan fingerprint density at radius 1 is 1.35 bits per heavy atom. The Balaban J connectivity index is 1.89. The number of halogens is 3. The zero-order chi connectivity index (χ0) is 12.3. The van der Waals surface area contributed by atoms with E-state index in [-0.39, 0.29) is 11.9 Å². The van der Waals surface area contributed by atoms with E-state index in [1.807, 2.05) is 0 Å². The maximum atomic E-state index is 12.2. The fourth-order valence-corrected chi connectivity index (χ4v) is 1.63. The number of alkyl halides is 3. The minimum Gasteiger partial charge on any atom is -0.475 e. The molecule has 0 aromatic carbocycles. The van der Waals surface area contributed by atoms with Crippen molar-refractivity contribution in [2.24, 2.45) is 0 Å². The van der Waals surface area contributed by atoms with Gasteiger partial charge in [0.1, 0.15) is 6.61 Å². The van der Waals surface area contributed by atoms with Crippen molar-refractivity contribution in [2.45, 2.75) is 25.1 Å². The molecule has 1 unspecified atom stereocenters. The second kappa shape index (κ2) is 4.87.